The lowest BCUT2D eigenvalue weighted by Crippen LogP contribution is -2.36. The Morgan fingerprint density at radius 3 is 2.86 bits per heavy atom. The summed E-state index contributed by atoms with van der Waals surface area (Å²) in [5, 5.41) is 17.0. The fourth-order valence-electron chi connectivity index (χ4n) is 5.22. The van der Waals surface area contributed by atoms with Gasteiger partial charge in [-0.3, -0.25) is 9.59 Å². The van der Waals surface area contributed by atoms with E-state index in [1.165, 1.54) is 0 Å². The largest absolute Gasteiger partial charge is 0.392 e. The number of hydrogen-bond donors (Lipinski definition) is 3. The van der Waals surface area contributed by atoms with Crippen molar-refractivity contribution < 1.29 is 14.7 Å². The summed E-state index contributed by atoms with van der Waals surface area (Å²) < 4.78 is 0. The predicted molar refractivity (Wildman–Crippen MR) is 138 cm³/mol. The molecule has 35 heavy (non-hydrogen) atoms. The van der Waals surface area contributed by atoms with E-state index in [2.05, 4.69) is 38.7 Å². The first-order chi connectivity index (χ1) is 16.9. The second-order valence-electron chi connectivity index (χ2n) is 9.41. The van der Waals surface area contributed by atoms with Gasteiger partial charge in [-0.2, -0.15) is 0 Å². The van der Waals surface area contributed by atoms with Crippen LogP contribution in [-0.4, -0.2) is 59.6 Å². The summed E-state index contributed by atoms with van der Waals surface area (Å²) in [5.41, 5.74) is 4.75. The van der Waals surface area contributed by atoms with E-state index in [0.717, 1.165) is 50.8 Å². The zero-order chi connectivity index (χ0) is 24.5. The molecule has 7 nitrogen and oxygen atoms in total. The van der Waals surface area contributed by atoms with Crippen LogP contribution in [0.25, 0.3) is 10.4 Å². The number of benzene rings is 2. The number of nitrogens with zero attached hydrogens (tertiary/aromatic N) is 2. The molecule has 8 heteroatoms. The van der Waals surface area contributed by atoms with Crippen molar-refractivity contribution in [3.05, 3.63) is 70.4 Å². The lowest BCUT2D eigenvalue weighted by atomic mass is 9.79. The summed E-state index contributed by atoms with van der Waals surface area (Å²) in [6.07, 6.45) is 2.66. The molecule has 0 radical (unpaired) electrons. The predicted octanol–water partition coefficient (Wildman–Crippen LogP) is 3.29. The fourth-order valence-corrected chi connectivity index (χ4v) is 6.00. The monoisotopic (exact) mass is 490 g/mol. The Balaban J connectivity index is 1.57. The number of fused-ring (bicyclic) bond motifs is 1. The van der Waals surface area contributed by atoms with Gasteiger partial charge >= 0.3 is 0 Å². The number of hydrogen-bond acceptors (Lipinski definition) is 6. The van der Waals surface area contributed by atoms with Crippen LogP contribution >= 0.6 is 11.3 Å². The van der Waals surface area contributed by atoms with Crippen LogP contribution in [0.1, 0.15) is 40.0 Å². The van der Waals surface area contributed by atoms with Gasteiger partial charge in [0.25, 0.3) is 0 Å². The first-order valence-electron chi connectivity index (χ1n) is 12.0. The molecule has 3 N–H and O–H groups in total. The standard InChI is InChI=1S/C27H30N4O3S/c1-16-29-13-24(35-16)19-5-3-4-17(10-19)22(15-31-9-8-21(32)14-31)26(27(34)28-2)20-7-6-18-12-25(33)30-23(18)11-20/h3-7,10-11,13,21-22,26,32H,8-9,12,14-15H2,1-2H3,(H,28,34)(H,30,33)/t21-,22+,26?/m0/s1. The van der Waals surface area contributed by atoms with Gasteiger partial charge in [0.2, 0.25) is 11.8 Å². The summed E-state index contributed by atoms with van der Waals surface area (Å²) in [5.74, 6) is -0.703. The van der Waals surface area contributed by atoms with Gasteiger partial charge in [0.15, 0.2) is 0 Å². The van der Waals surface area contributed by atoms with Crippen LogP contribution < -0.4 is 10.6 Å². The Kier molecular flexibility index (Phi) is 6.69. The summed E-state index contributed by atoms with van der Waals surface area (Å²) in [7, 11) is 1.66. The molecule has 2 aromatic carbocycles. The van der Waals surface area contributed by atoms with E-state index in [0.29, 0.717) is 19.5 Å². The van der Waals surface area contributed by atoms with Gasteiger partial charge in [-0.05, 0) is 47.7 Å². The van der Waals surface area contributed by atoms with Gasteiger partial charge in [0, 0.05) is 44.5 Å². The number of likely N-dealkylation sites (tertiary alicyclic amines) is 1. The van der Waals surface area contributed by atoms with Crippen molar-refractivity contribution in [3.8, 4) is 10.4 Å². The molecular formula is C27H30N4O3S. The van der Waals surface area contributed by atoms with Gasteiger partial charge in [-0.25, -0.2) is 4.98 Å². The molecule has 2 aliphatic heterocycles. The first-order valence-corrected chi connectivity index (χ1v) is 12.8. The van der Waals surface area contributed by atoms with E-state index in [9.17, 15) is 14.7 Å². The number of aliphatic hydroxyl groups excluding tert-OH is 1. The van der Waals surface area contributed by atoms with Gasteiger partial charge < -0.3 is 20.6 Å². The van der Waals surface area contributed by atoms with Crippen LogP contribution in [0.4, 0.5) is 5.69 Å². The average Bonchev–Trinajstić information content (AvgIpc) is 3.57. The molecule has 0 saturated carbocycles. The Bertz CT molecular complexity index is 1260. The molecule has 2 amide bonds. The number of nitrogens with one attached hydrogen (secondary N) is 2. The number of likely N-dealkylation sites (N-methyl/N-ethyl adjacent to an activating group) is 1. The van der Waals surface area contributed by atoms with Crippen LogP contribution in [0.2, 0.25) is 0 Å². The van der Waals surface area contributed by atoms with E-state index >= 15 is 0 Å². The van der Waals surface area contributed by atoms with E-state index in [1.54, 1.807) is 18.4 Å². The van der Waals surface area contributed by atoms with E-state index in [4.69, 9.17) is 0 Å². The molecule has 1 fully saturated rings. The molecule has 0 aliphatic carbocycles. The summed E-state index contributed by atoms with van der Waals surface area (Å²) >= 11 is 1.65. The number of β-amino-alcohol motifs (C(OH)–C–C–N with tert-alkyl or cyclic N) is 1. The Hall–Kier alpha value is -3.07. The number of amides is 2. The highest BCUT2D eigenvalue weighted by Crippen LogP contribution is 2.39. The molecule has 3 aromatic rings. The Morgan fingerprint density at radius 2 is 2.14 bits per heavy atom. The maximum absolute atomic E-state index is 13.4. The van der Waals surface area contributed by atoms with Gasteiger partial charge in [-0.1, -0.05) is 30.3 Å². The maximum Gasteiger partial charge on any atom is 0.228 e. The second-order valence-corrected chi connectivity index (χ2v) is 10.6. The van der Waals surface area contributed by atoms with Crippen molar-refractivity contribution in [2.75, 3.05) is 32.0 Å². The van der Waals surface area contributed by atoms with Gasteiger partial charge in [-0.15, -0.1) is 11.3 Å². The molecule has 3 atom stereocenters. The third kappa shape index (κ3) is 5.00. The Morgan fingerprint density at radius 1 is 1.29 bits per heavy atom. The van der Waals surface area contributed by atoms with Crippen LogP contribution in [0.5, 0.6) is 0 Å². The molecule has 3 heterocycles. The molecule has 0 spiro atoms. The van der Waals surface area contributed by atoms with Crippen molar-refractivity contribution in [2.45, 2.75) is 37.7 Å². The van der Waals surface area contributed by atoms with Crippen molar-refractivity contribution in [3.63, 3.8) is 0 Å². The van der Waals surface area contributed by atoms with Crippen LogP contribution in [0.15, 0.2) is 48.7 Å². The number of anilines is 1. The summed E-state index contributed by atoms with van der Waals surface area (Å²) in [6.45, 7) is 4.04. The molecule has 1 saturated heterocycles. The van der Waals surface area contributed by atoms with Gasteiger partial charge in [0.1, 0.15) is 0 Å². The number of aliphatic hydroxyl groups is 1. The van der Waals surface area contributed by atoms with E-state index < -0.39 is 5.92 Å². The summed E-state index contributed by atoms with van der Waals surface area (Å²) in [6, 6.07) is 14.2. The number of aryl methyl sites for hydroxylation is 1. The number of rotatable bonds is 7. The zero-order valence-electron chi connectivity index (χ0n) is 20.0. The minimum atomic E-state index is -0.459. The molecule has 1 unspecified atom stereocenters. The van der Waals surface area contributed by atoms with Crippen molar-refractivity contribution >= 4 is 28.8 Å². The average molecular weight is 491 g/mol. The molecule has 2 aliphatic rings. The third-order valence-electron chi connectivity index (χ3n) is 6.97. The summed E-state index contributed by atoms with van der Waals surface area (Å²) in [4.78, 5) is 33.1. The van der Waals surface area contributed by atoms with Crippen molar-refractivity contribution in [1.29, 1.82) is 0 Å². The molecule has 0 bridgehead atoms. The quantitative estimate of drug-likeness (QED) is 0.473. The fraction of sp³-hybridized carbons (Fsp3) is 0.370. The van der Waals surface area contributed by atoms with E-state index in [1.807, 2.05) is 37.4 Å². The maximum atomic E-state index is 13.4. The Labute approximate surface area is 209 Å². The smallest absolute Gasteiger partial charge is 0.228 e. The number of aromatic nitrogens is 1. The third-order valence-corrected chi connectivity index (χ3v) is 7.93. The minimum absolute atomic E-state index is 0.0243. The number of carbonyl (C=O) groups is 2. The lowest BCUT2D eigenvalue weighted by molar-refractivity contribution is -0.122. The highest BCUT2D eigenvalue weighted by Gasteiger charge is 2.35. The number of carbonyl (C=O) groups excluding carboxylic acids is 2. The normalized spacial score (nSPS) is 19.3. The highest BCUT2D eigenvalue weighted by atomic mass is 32.1. The highest BCUT2D eigenvalue weighted by molar-refractivity contribution is 7.15. The van der Waals surface area contributed by atoms with Crippen molar-refractivity contribution in [1.82, 2.24) is 15.2 Å². The van der Waals surface area contributed by atoms with E-state index in [-0.39, 0.29) is 23.8 Å². The molecular weight excluding hydrogens is 460 g/mol. The first kappa shape index (κ1) is 23.7. The lowest BCUT2D eigenvalue weighted by Gasteiger charge is -2.31. The topological polar surface area (TPSA) is 94.6 Å². The minimum Gasteiger partial charge on any atom is -0.392 e. The second kappa shape index (κ2) is 9.89. The SMILES string of the molecule is CNC(=O)C(c1ccc2c(c1)NC(=O)C2)[C@H](CN1CC[C@H](O)C1)c1cccc(-c2cnc(C)s2)c1. The van der Waals surface area contributed by atoms with Gasteiger partial charge in [0.05, 0.1) is 28.3 Å². The van der Waals surface area contributed by atoms with Crippen molar-refractivity contribution in [2.24, 2.45) is 0 Å². The molecule has 5 rings (SSSR count). The number of thiazole rings is 1. The van der Waals surface area contributed by atoms with Crippen LogP contribution in [0, 0.1) is 6.92 Å². The molecule has 182 valence electrons. The van der Waals surface area contributed by atoms with Crippen LogP contribution in [-0.2, 0) is 16.0 Å². The zero-order valence-corrected chi connectivity index (χ0v) is 20.8. The van der Waals surface area contributed by atoms with Crippen LogP contribution in [0.3, 0.4) is 0 Å². The molecule has 1 aromatic heterocycles.